The lowest BCUT2D eigenvalue weighted by atomic mass is 9.67. The Kier molecular flexibility index (Phi) is 2.07. The van der Waals surface area contributed by atoms with Crippen LogP contribution in [0, 0.1) is 5.41 Å². The summed E-state index contributed by atoms with van der Waals surface area (Å²) in [7, 11) is 2.09. The lowest BCUT2D eigenvalue weighted by Gasteiger charge is -2.50. The maximum Gasteiger partial charge on any atom is 0.141 e. The van der Waals surface area contributed by atoms with E-state index in [9.17, 15) is 4.79 Å². The fourth-order valence-electron chi connectivity index (χ4n) is 1.68. The molecule has 2 nitrogen and oxygen atoms in total. The Balaban J connectivity index is 3.00. The summed E-state index contributed by atoms with van der Waals surface area (Å²) in [6.45, 7) is 9.28. The molecule has 0 radical (unpaired) electrons. The third-order valence-corrected chi connectivity index (χ3v) is 3.86. The Morgan fingerprint density at radius 2 is 1.75 bits per heavy atom. The molecule has 0 aliphatic carbocycles. The SMILES string of the molecule is CN1CCC(=O)C(C)(C)C1(C)C. The molecule has 1 aliphatic rings. The first-order chi connectivity index (χ1) is 5.30. The van der Waals surface area contributed by atoms with Gasteiger partial charge in [-0.05, 0) is 20.9 Å². The first-order valence-corrected chi connectivity index (χ1v) is 4.54. The fraction of sp³-hybridized carbons (Fsp3) is 0.900. The minimum absolute atomic E-state index is 0.0116. The van der Waals surface area contributed by atoms with E-state index in [1.165, 1.54) is 0 Å². The van der Waals surface area contributed by atoms with Gasteiger partial charge in [-0.25, -0.2) is 0 Å². The highest BCUT2D eigenvalue weighted by Gasteiger charge is 2.48. The van der Waals surface area contributed by atoms with E-state index < -0.39 is 0 Å². The van der Waals surface area contributed by atoms with E-state index in [4.69, 9.17) is 0 Å². The highest BCUT2D eigenvalue weighted by Crippen LogP contribution is 2.39. The second kappa shape index (κ2) is 2.56. The molecule has 0 amide bonds. The molecule has 1 aliphatic heterocycles. The van der Waals surface area contributed by atoms with Gasteiger partial charge in [0.1, 0.15) is 5.78 Å². The van der Waals surface area contributed by atoms with Crippen molar-refractivity contribution in [2.75, 3.05) is 13.6 Å². The maximum atomic E-state index is 11.7. The lowest BCUT2D eigenvalue weighted by molar-refractivity contribution is -0.140. The molecule has 0 bridgehead atoms. The van der Waals surface area contributed by atoms with Crippen molar-refractivity contribution in [2.24, 2.45) is 5.41 Å². The molecule has 0 N–H and O–H groups in total. The molecular weight excluding hydrogens is 150 g/mol. The third-order valence-electron chi connectivity index (χ3n) is 3.86. The average molecular weight is 169 g/mol. The maximum absolute atomic E-state index is 11.7. The number of ketones is 1. The molecule has 1 saturated heterocycles. The molecule has 0 aromatic carbocycles. The zero-order chi connectivity index (χ0) is 9.57. The zero-order valence-corrected chi connectivity index (χ0v) is 8.77. The minimum Gasteiger partial charge on any atom is -0.300 e. The van der Waals surface area contributed by atoms with E-state index in [2.05, 4.69) is 25.8 Å². The van der Waals surface area contributed by atoms with Crippen LogP contribution >= 0.6 is 0 Å². The van der Waals surface area contributed by atoms with Gasteiger partial charge in [0, 0.05) is 23.9 Å². The van der Waals surface area contributed by atoms with Crippen LogP contribution in [-0.4, -0.2) is 29.8 Å². The summed E-state index contributed by atoms with van der Waals surface area (Å²) < 4.78 is 0. The molecule has 0 aromatic rings. The Labute approximate surface area is 74.9 Å². The smallest absolute Gasteiger partial charge is 0.141 e. The molecule has 0 spiro atoms. The minimum atomic E-state index is -0.208. The number of piperidine rings is 1. The van der Waals surface area contributed by atoms with Gasteiger partial charge < -0.3 is 0 Å². The second-order valence-corrected chi connectivity index (χ2v) is 4.78. The van der Waals surface area contributed by atoms with Crippen LogP contribution in [0.25, 0.3) is 0 Å². The van der Waals surface area contributed by atoms with Gasteiger partial charge >= 0.3 is 0 Å². The van der Waals surface area contributed by atoms with Crippen LogP contribution in [0.15, 0.2) is 0 Å². The third kappa shape index (κ3) is 1.09. The number of carbonyl (C=O) groups excluding carboxylic acids is 1. The van der Waals surface area contributed by atoms with Crippen molar-refractivity contribution in [3.8, 4) is 0 Å². The van der Waals surface area contributed by atoms with Gasteiger partial charge in [0.25, 0.3) is 0 Å². The predicted molar refractivity (Wildman–Crippen MR) is 50.1 cm³/mol. The van der Waals surface area contributed by atoms with Crippen LogP contribution in [0.2, 0.25) is 0 Å². The quantitative estimate of drug-likeness (QED) is 0.550. The van der Waals surface area contributed by atoms with Gasteiger partial charge in [0.15, 0.2) is 0 Å². The monoisotopic (exact) mass is 169 g/mol. The molecule has 12 heavy (non-hydrogen) atoms. The number of Topliss-reactive ketones (excluding diaryl/α,β-unsaturated/α-hetero) is 1. The van der Waals surface area contributed by atoms with Crippen LogP contribution in [0.3, 0.4) is 0 Å². The second-order valence-electron chi connectivity index (χ2n) is 4.78. The number of nitrogens with zero attached hydrogens (tertiary/aromatic N) is 1. The standard InChI is InChI=1S/C10H19NO/c1-9(2)8(12)6-7-11(5)10(9,3)4/h6-7H2,1-5H3. The van der Waals surface area contributed by atoms with Crippen molar-refractivity contribution in [1.82, 2.24) is 4.90 Å². The summed E-state index contributed by atoms with van der Waals surface area (Å²) in [6, 6.07) is 0. The molecule has 2 heteroatoms. The summed E-state index contributed by atoms with van der Waals surface area (Å²) >= 11 is 0. The summed E-state index contributed by atoms with van der Waals surface area (Å²) in [4.78, 5) is 13.9. The van der Waals surface area contributed by atoms with Crippen molar-refractivity contribution in [3.05, 3.63) is 0 Å². The van der Waals surface area contributed by atoms with Crippen molar-refractivity contribution in [3.63, 3.8) is 0 Å². The Bertz CT molecular complexity index is 206. The largest absolute Gasteiger partial charge is 0.300 e. The van der Waals surface area contributed by atoms with Gasteiger partial charge in [0.2, 0.25) is 0 Å². The van der Waals surface area contributed by atoms with E-state index in [1.807, 2.05) is 13.8 Å². The van der Waals surface area contributed by atoms with Crippen LogP contribution < -0.4 is 0 Å². The molecule has 1 heterocycles. The number of hydrogen-bond acceptors (Lipinski definition) is 2. The number of rotatable bonds is 0. The Hall–Kier alpha value is -0.370. The summed E-state index contributed by atoms with van der Waals surface area (Å²) in [5, 5.41) is 0. The molecule has 0 unspecified atom stereocenters. The number of carbonyl (C=O) groups is 1. The van der Waals surface area contributed by atoms with E-state index in [-0.39, 0.29) is 11.0 Å². The summed E-state index contributed by atoms with van der Waals surface area (Å²) in [6.07, 6.45) is 0.701. The highest BCUT2D eigenvalue weighted by molar-refractivity contribution is 5.86. The first-order valence-electron chi connectivity index (χ1n) is 4.54. The number of hydrogen-bond donors (Lipinski definition) is 0. The summed E-state index contributed by atoms with van der Waals surface area (Å²) in [5.41, 5.74) is -0.220. The zero-order valence-electron chi connectivity index (χ0n) is 8.77. The van der Waals surface area contributed by atoms with Crippen molar-refractivity contribution >= 4 is 5.78 Å². The fourth-order valence-corrected chi connectivity index (χ4v) is 1.68. The van der Waals surface area contributed by atoms with Gasteiger partial charge in [0.05, 0.1) is 0 Å². The highest BCUT2D eigenvalue weighted by atomic mass is 16.1. The van der Waals surface area contributed by atoms with Gasteiger partial charge in [-0.15, -0.1) is 0 Å². The Morgan fingerprint density at radius 1 is 1.25 bits per heavy atom. The molecule has 70 valence electrons. The normalized spacial score (nSPS) is 28.9. The summed E-state index contributed by atoms with van der Waals surface area (Å²) in [5.74, 6) is 0.394. The van der Waals surface area contributed by atoms with Gasteiger partial charge in [-0.1, -0.05) is 13.8 Å². The van der Waals surface area contributed by atoms with Crippen LogP contribution in [0.1, 0.15) is 34.1 Å². The van der Waals surface area contributed by atoms with Crippen molar-refractivity contribution in [1.29, 1.82) is 0 Å². The van der Waals surface area contributed by atoms with E-state index in [1.54, 1.807) is 0 Å². The predicted octanol–water partition coefficient (Wildman–Crippen LogP) is 1.70. The molecule has 1 fully saturated rings. The molecule has 0 atom stereocenters. The van der Waals surface area contributed by atoms with Gasteiger partial charge in [-0.2, -0.15) is 0 Å². The molecule has 1 rings (SSSR count). The lowest BCUT2D eigenvalue weighted by Crippen LogP contribution is -2.60. The topological polar surface area (TPSA) is 20.3 Å². The average Bonchev–Trinajstić information content (AvgIpc) is 1.96. The first kappa shape index (κ1) is 9.72. The Morgan fingerprint density at radius 3 is 2.17 bits per heavy atom. The van der Waals surface area contributed by atoms with Crippen molar-refractivity contribution < 1.29 is 4.79 Å². The number of likely N-dealkylation sites (tertiary alicyclic amines) is 1. The molecule has 0 saturated carbocycles. The van der Waals surface area contributed by atoms with Crippen LogP contribution in [0.4, 0.5) is 0 Å². The molecule has 0 aromatic heterocycles. The van der Waals surface area contributed by atoms with E-state index >= 15 is 0 Å². The molecular formula is C10H19NO. The van der Waals surface area contributed by atoms with E-state index in [0.717, 1.165) is 6.54 Å². The van der Waals surface area contributed by atoms with Crippen molar-refractivity contribution in [2.45, 2.75) is 39.7 Å². The van der Waals surface area contributed by atoms with Gasteiger partial charge in [-0.3, -0.25) is 9.69 Å². The van der Waals surface area contributed by atoms with Crippen LogP contribution in [-0.2, 0) is 4.79 Å². The van der Waals surface area contributed by atoms with E-state index in [0.29, 0.717) is 12.2 Å². The van der Waals surface area contributed by atoms with Crippen LogP contribution in [0.5, 0.6) is 0 Å².